The number of rotatable bonds is 7. The molecular formula is C23H28ClN3O4S. The van der Waals surface area contributed by atoms with Gasteiger partial charge < -0.3 is 10.6 Å². The number of sulfonamides is 1. The minimum Gasteiger partial charge on any atom is -0.349 e. The summed E-state index contributed by atoms with van der Waals surface area (Å²) in [6.45, 7) is 2.47. The molecule has 1 aliphatic rings. The average molecular weight is 478 g/mol. The van der Waals surface area contributed by atoms with Crippen molar-refractivity contribution in [1.29, 1.82) is 0 Å². The Kier molecular flexibility index (Phi) is 8.28. The van der Waals surface area contributed by atoms with Crippen LogP contribution in [0.25, 0.3) is 0 Å². The van der Waals surface area contributed by atoms with E-state index < -0.39 is 16.1 Å². The van der Waals surface area contributed by atoms with Crippen LogP contribution >= 0.6 is 11.6 Å². The van der Waals surface area contributed by atoms with Gasteiger partial charge in [-0.15, -0.1) is 0 Å². The molecule has 1 unspecified atom stereocenters. The molecule has 9 heteroatoms. The van der Waals surface area contributed by atoms with Crippen molar-refractivity contribution in [2.24, 2.45) is 0 Å². The molecular weight excluding hydrogens is 450 g/mol. The molecule has 2 aromatic carbocycles. The van der Waals surface area contributed by atoms with Crippen LogP contribution in [-0.4, -0.2) is 37.6 Å². The molecule has 1 atom stereocenters. The third kappa shape index (κ3) is 6.54. The van der Waals surface area contributed by atoms with E-state index in [1.165, 1.54) is 23.4 Å². The van der Waals surface area contributed by atoms with Crippen LogP contribution in [0.3, 0.4) is 0 Å². The molecule has 0 aliphatic carbocycles. The first-order chi connectivity index (χ1) is 15.3. The van der Waals surface area contributed by atoms with Crippen LogP contribution in [0.1, 0.15) is 50.6 Å². The first-order valence-corrected chi connectivity index (χ1v) is 12.5. The lowest BCUT2D eigenvalue weighted by molar-refractivity contribution is -0.120. The van der Waals surface area contributed by atoms with Crippen molar-refractivity contribution < 1.29 is 18.0 Å². The molecule has 0 spiro atoms. The molecule has 1 saturated heterocycles. The fourth-order valence-corrected chi connectivity index (χ4v) is 5.37. The average Bonchev–Trinajstić information content (AvgIpc) is 3.04. The third-order valence-electron chi connectivity index (χ3n) is 5.38. The quantitative estimate of drug-likeness (QED) is 0.627. The second kappa shape index (κ2) is 10.9. The summed E-state index contributed by atoms with van der Waals surface area (Å²) in [5.41, 5.74) is 1.25. The highest BCUT2D eigenvalue weighted by Gasteiger charge is 2.25. The largest absolute Gasteiger partial charge is 0.349 e. The predicted molar refractivity (Wildman–Crippen MR) is 125 cm³/mol. The first-order valence-electron chi connectivity index (χ1n) is 10.7. The van der Waals surface area contributed by atoms with Crippen LogP contribution in [0.2, 0.25) is 5.02 Å². The van der Waals surface area contributed by atoms with Crippen LogP contribution in [-0.2, 0) is 19.6 Å². The van der Waals surface area contributed by atoms with Crippen LogP contribution < -0.4 is 10.6 Å². The number of carbonyl (C=O) groups excluding carboxylic acids is 2. The van der Waals surface area contributed by atoms with Crippen molar-refractivity contribution in [2.45, 2.75) is 50.0 Å². The van der Waals surface area contributed by atoms with E-state index in [-0.39, 0.29) is 23.1 Å². The fourth-order valence-electron chi connectivity index (χ4n) is 3.73. The lowest BCUT2D eigenvalue weighted by Crippen LogP contribution is -2.32. The van der Waals surface area contributed by atoms with Crippen LogP contribution in [0.15, 0.2) is 53.4 Å². The van der Waals surface area contributed by atoms with Gasteiger partial charge in [0.15, 0.2) is 0 Å². The molecule has 32 heavy (non-hydrogen) atoms. The minimum atomic E-state index is -3.54. The van der Waals surface area contributed by atoms with Crippen LogP contribution in [0, 0.1) is 0 Å². The molecule has 0 radical (unpaired) electrons. The Morgan fingerprint density at radius 3 is 2.12 bits per heavy atom. The van der Waals surface area contributed by atoms with Gasteiger partial charge in [-0.1, -0.05) is 36.6 Å². The molecule has 0 saturated carbocycles. The summed E-state index contributed by atoms with van der Waals surface area (Å²) in [7, 11) is -3.54. The van der Waals surface area contributed by atoms with Crippen molar-refractivity contribution in [2.75, 3.05) is 18.4 Å². The number of nitrogens with zero attached hydrogens (tertiary/aromatic N) is 1. The van der Waals surface area contributed by atoms with E-state index in [9.17, 15) is 18.0 Å². The van der Waals surface area contributed by atoms with Crippen molar-refractivity contribution in [3.05, 3.63) is 59.1 Å². The number of amides is 2. The highest BCUT2D eigenvalue weighted by molar-refractivity contribution is 7.89. The second-order valence-electron chi connectivity index (χ2n) is 7.90. The summed E-state index contributed by atoms with van der Waals surface area (Å²) in [4.78, 5) is 24.4. The summed E-state index contributed by atoms with van der Waals surface area (Å²) in [6, 6.07) is 12.6. The van der Waals surface area contributed by atoms with Gasteiger partial charge in [-0.05, 0) is 54.8 Å². The monoisotopic (exact) mass is 477 g/mol. The maximum atomic E-state index is 12.9. The molecule has 2 N–H and O–H groups in total. The number of halogens is 1. The Balaban J connectivity index is 1.66. The first kappa shape index (κ1) is 24.2. The lowest BCUT2D eigenvalue weighted by Gasteiger charge is -2.20. The zero-order valence-corrected chi connectivity index (χ0v) is 19.6. The summed E-state index contributed by atoms with van der Waals surface area (Å²) in [6.07, 6.45) is 3.86. The number of nitrogens with one attached hydrogen (secondary N) is 2. The summed E-state index contributed by atoms with van der Waals surface area (Å²) in [5, 5.41) is 6.11. The highest BCUT2D eigenvalue weighted by Crippen LogP contribution is 2.23. The Bertz CT molecular complexity index is 1030. The molecule has 1 heterocycles. The smallest absolute Gasteiger partial charge is 0.243 e. The predicted octanol–water partition coefficient (Wildman–Crippen LogP) is 4.11. The van der Waals surface area contributed by atoms with Gasteiger partial charge in [-0.25, -0.2) is 8.42 Å². The van der Waals surface area contributed by atoms with Crippen LogP contribution in [0.5, 0.6) is 0 Å². The molecule has 1 aliphatic heterocycles. The van der Waals surface area contributed by atoms with Gasteiger partial charge in [0.25, 0.3) is 0 Å². The number of anilines is 1. The third-order valence-corrected chi connectivity index (χ3v) is 7.55. The van der Waals surface area contributed by atoms with Gasteiger partial charge in [0, 0.05) is 30.7 Å². The van der Waals surface area contributed by atoms with E-state index in [1.807, 2.05) is 0 Å². The normalized spacial score (nSPS) is 16.1. The van der Waals surface area contributed by atoms with Gasteiger partial charge in [0.1, 0.15) is 0 Å². The number of hydrogen-bond donors (Lipinski definition) is 2. The Morgan fingerprint density at radius 2 is 1.56 bits per heavy atom. The van der Waals surface area contributed by atoms with Crippen molar-refractivity contribution in [3.63, 3.8) is 0 Å². The zero-order valence-electron chi connectivity index (χ0n) is 18.0. The van der Waals surface area contributed by atoms with Gasteiger partial charge in [-0.2, -0.15) is 4.31 Å². The standard InChI is InChI=1S/C23H28ClN3O4S/c1-17(28)25-22(18-6-8-19(24)9-7-18)16-23(29)26-20-10-12-21(13-11-20)32(30,31)27-14-4-2-3-5-15-27/h6-13,22H,2-5,14-16H2,1H3,(H,25,28)(H,26,29). The Morgan fingerprint density at radius 1 is 0.969 bits per heavy atom. The van der Waals surface area contributed by atoms with Gasteiger partial charge in [0.05, 0.1) is 17.4 Å². The van der Waals surface area contributed by atoms with Crippen molar-refractivity contribution in [1.82, 2.24) is 9.62 Å². The van der Waals surface area contributed by atoms with Gasteiger partial charge >= 0.3 is 0 Å². The Hall–Kier alpha value is -2.42. The van der Waals surface area contributed by atoms with Gasteiger partial charge in [0.2, 0.25) is 21.8 Å². The number of hydrogen-bond acceptors (Lipinski definition) is 4. The molecule has 0 bridgehead atoms. The molecule has 3 rings (SSSR count). The van der Waals surface area contributed by atoms with Crippen molar-refractivity contribution in [3.8, 4) is 0 Å². The summed E-state index contributed by atoms with van der Waals surface area (Å²) >= 11 is 5.93. The second-order valence-corrected chi connectivity index (χ2v) is 10.3. The zero-order chi connectivity index (χ0) is 23.1. The van der Waals surface area contributed by atoms with E-state index in [0.717, 1.165) is 31.2 Å². The lowest BCUT2D eigenvalue weighted by atomic mass is 10.0. The van der Waals surface area contributed by atoms with E-state index in [2.05, 4.69) is 10.6 Å². The molecule has 172 valence electrons. The number of benzene rings is 2. The summed E-state index contributed by atoms with van der Waals surface area (Å²) < 4.78 is 27.3. The van der Waals surface area contributed by atoms with Crippen molar-refractivity contribution >= 4 is 39.1 Å². The summed E-state index contributed by atoms with van der Waals surface area (Å²) in [5.74, 6) is -0.553. The van der Waals surface area contributed by atoms with E-state index >= 15 is 0 Å². The minimum absolute atomic E-state index is 0.0229. The van der Waals surface area contributed by atoms with E-state index in [4.69, 9.17) is 11.6 Å². The molecule has 0 aromatic heterocycles. The Labute approximate surface area is 194 Å². The molecule has 1 fully saturated rings. The fraction of sp³-hybridized carbons (Fsp3) is 0.391. The molecule has 2 amide bonds. The van der Waals surface area contributed by atoms with Crippen LogP contribution in [0.4, 0.5) is 5.69 Å². The topological polar surface area (TPSA) is 95.6 Å². The van der Waals surface area contributed by atoms with Gasteiger partial charge in [-0.3, -0.25) is 9.59 Å². The maximum absolute atomic E-state index is 12.9. The SMILES string of the molecule is CC(=O)NC(CC(=O)Nc1ccc(S(=O)(=O)N2CCCCCC2)cc1)c1ccc(Cl)cc1. The van der Waals surface area contributed by atoms with E-state index in [1.54, 1.807) is 36.4 Å². The molecule has 7 nitrogen and oxygen atoms in total. The molecule has 2 aromatic rings. The maximum Gasteiger partial charge on any atom is 0.243 e. The number of carbonyl (C=O) groups is 2. The highest BCUT2D eigenvalue weighted by atomic mass is 35.5. The van der Waals surface area contributed by atoms with E-state index in [0.29, 0.717) is 23.8 Å².